The second-order valence-electron chi connectivity index (χ2n) is 7.41. The Kier molecular flexibility index (Phi) is 7.06. The van der Waals surface area contributed by atoms with Crippen molar-refractivity contribution < 1.29 is 14.4 Å². The largest absolute Gasteiger partial charge is 0.328 e. The SMILES string of the molecule is Cc1ccc(NC(=O)C(=O)Nn2c(C(=O)Nc3ccc(Cl)cc3)cc3cc(Br)ccc32)c(Br)c1. The first-order chi connectivity index (χ1) is 16.2. The van der Waals surface area contributed by atoms with E-state index in [0.29, 0.717) is 31.8 Å². The summed E-state index contributed by atoms with van der Waals surface area (Å²) in [6, 6.07) is 18.9. The summed E-state index contributed by atoms with van der Waals surface area (Å²) in [4.78, 5) is 38.4. The molecule has 34 heavy (non-hydrogen) atoms. The fourth-order valence-electron chi connectivity index (χ4n) is 3.26. The van der Waals surface area contributed by atoms with Crippen LogP contribution in [0.3, 0.4) is 0 Å². The molecule has 3 amide bonds. The summed E-state index contributed by atoms with van der Waals surface area (Å²) in [5, 5.41) is 6.57. The van der Waals surface area contributed by atoms with Crippen molar-refractivity contribution in [1.29, 1.82) is 0 Å². The molecule has 172 valence electrons. The molecule has 0 fully saturated rings. The van der Waals surface area contributed by atoms with E-state index in [2.05, 4.69) is 47.9 Å². The molecule has 0 atom stereocenters. The fourth-order valence-corrected chi connectivity index (χ4v) is 4.35. The summed E-state index contributed by atoms with van der Waals surface area (Å²) >= 11 is 12.7. The minimum Gasteiger partial charge on any atom is -0.321 e. The van der Waals surface area contributed by atoms with E-state index in [1.165, 1.54) is 4.68 Å². The van der Waals surface area contributed by atoms with Gasteiger partial charge in [0.1, 0.15) is 5.69 Å². The minimum atomic E-state index is -0.937. The van der Waals surface area contributed by atoms with Crippen molar-refractivity contribution >= 4 is 83.5 Å². The Morgan fingerprint density at radius 1 is 0.853 bits per heavy atom. The van der Waals surface area contributed by atoms with Crippen molar-refractivity contribution in [2.45, 2.75) is 6.92 Å². The summed E-state index contributed by atoms with van der Waals surface area (Å²) in [5.41, 5.74) is 5.19. The Balaban J connectivity index is 1.62. The number of aromatic nitrogens is 1. The molecule has 0 aliphatic heterocycles. The Labute approximate surface area is 216 Å². The molecule has 4 rings (SSSR count). The zero-order chi connectivity index (χ0) is 24.4. The van der Waals surface area contributed by atoms with Gasteiger partial charge in [-0.15, -0.1) is 0 Å². The van der Waals surface area contributed by atoms with Gasteiger partial charge in [0.2, 0.25) is 0 Å². The summed E-state index contributed by atoms with van der Waals surface area (Å²) in [5.74, 6) is -2.29. The lowest BCUT2D eigenvalue weighted by atomic mass is 10.2. The number of carbonyl (C=O) groups excluding carboxylic acids is 3. The molecule has 3 N–H and O–H groups in total. The van der Waals surface area contributed by atoms with Gasteiger partial charge in [0.25, 0.3) is 5.91 Å². The third-order valence-corrected chi connectivity index (χ3v) is 6.29. The van der Waals surface area contributed by atoms with Gasteiger partial charge in [-0.05, 0) is 89.1 Å². The highest BCUT2D eigenvalue weighted by molar-refractivity contribution is 9.10. The average Bonchev–Trinajstić information content (AvgIpc) is 3.14. The average molecular weight is 605 g/mol. The highest BCUT2D eigenvalue weighted by Gasteiger charge is 2.21. The highest BCUT2D eigenvalue weighted by atomic mass is 79.9. The molecule has 0 saturated carbocycles. The molecule has 4 aromatic rings. The first-order valence-corrected chi connectivity index (χ1v) is 11.9. The molecule has 1 heterocycles. The Morgan fingerprint density at radius 3 is 2.29 bits per heavy atom. The zero-order valence-electron chi connectivity index (χ0n) is 17.7. The smallest absolute Gasteiger partial charge is 0.321 e. The topological polar surface area (TPSA) is 92.2 Å². The maximum Gasteiger partial charge on any atom is 0.328 e. The number of nitrogens with one attached hydrogen (secondary N) is 3. The van der Waals surface area contributed by atoms with E-state index in [0.717, 1.165) is 10.0 Å². The van der Waals surface area contributed by atoms with Crippen LogP contribution in [0.4, 0.5) is 11.4 Å². The van der Waals surface area contributed by atoms with Crippen LogP contribution >= 0.6 is 43.5 Å². The monoisotopic (exact) mass is 602 g/mol. The lowest BCUT2D eigenvalue weighted by molar-refractivity contribution is -0.133. The number of hydrogen-bond acceptors (Lipinski definition) is 3. The number of fused-ring (bicyclic) bond motifs is 1. The molecular formula is C24H17Br2ClN4O3. The number of nitrogens with zero attached hydrogens (tertiary/aromatic N) is 1. The second-order valence-corrected chi connectivity index (χ2v) is 9.61. The molecule has 0 spiro atoms. The molecule has 0 saturated heterocycles. The van der Waals surface area contributed by atoms with Gasteiger partial charge in [0.05, 0.1) is 11.2 Å². The van der Waals surface area contributed by atoms with E-state index >= 15 is 0 Å². The number of halogens is 3. The number of anilines is 2. The van der Waals surface area contributed by atoms with E-state index in [-0.39, 0.29) is 5.69 Å². The molecule has 7 nitrogen and oxygen atoms in total. The normalized spacial score (nSPS) is 10.7. The van der Waals surface area contributed by atoms with Gasteiger partial charge >= 0.3 is 11.8 Å². The van der Waals surface area contributed by atoms with Crippen molar-refractivity contribution in [2.75, 3.05) is 16.1 Å². The van der Waals surface area contributed by atoms with Crippen molar-refractivity contribution in [2.24, 2.45) is 0 Å². The molecule has 0 unspecified atom stereocenters. The predicted octanol–water partition coefficient (Wildman–Crippen LogP) is 6.09. The molecule has 1 aromatic heterocycles. The van der Waals surface area contributed by atoms with Gasteiger partial charge in [-0.1, -0.05) is 33.6 Å². The third kappa shape index (κ3) is 5.32. The number of carbonyl (C=O) groups is 3. The van der Waals surface area contributed by atoms with Crippen LogP contribution in [0.15, 0.2) is 75.7 Å². The summed E-state index contributed by atoms with van der Waals surface area (Å²) in [6.45, 7) is 1.91. The highest BCUT2D eigenvalue weighted by Crippen LogP contribution is 2.25. The van der Waals surface area contributed by atoms with Gasteiger partial charge in [0.15, 0.2) is 0 Å². The Hall–Kier alpha value is -3.14. The van der Waals surface area contributed by atoms with Crippen LogP contribution in [-0.2, 0) is 9.59 Å². The van der Waals surface area contributed by atoms with E-state index in [9.17, 15) is 14.4 Å². The van der Waals surface area contributed by atoms with E-state index in [1.807, 2.05) is 19.1 Å². The zero-order valence-corrected chi connectivity index (χ0v) is 21.6. The molecule has 0 aliphatic rings. The summed E-state index contributed by atoms with van der Waals surface area (Å²) in [6.07, 6.45) is 0. The van der Waals surface area contributed by atoms with Crippen LogP contribution in [0.5, 0.6) is 0 Å². The van der Waals surface area contributed by atoms with Crippen molar-refractivity contribution in [3.8, 4) is 0 Å². The van der Waals surface area contributed by atoms with Gasteiger partial charge in [-0.2, -0.15) is 0 Å². The van der Waals surface area contributed by atoms with Crippen LogP contribution < -0.4 is 16.1 Å². The standard InChI is InChI=1S/C24H17Br2ClN4O3/c1-13-2-8-19(18(26)10-13)29-23(33)24(34)30-31-20-9-3-15(25)11-14(20)12-21(31)22(32)28-17-6-4-16(27)5-7-17/h2-12H,1H3,(H,28,32)(H,29,33)(H,30,34). The second kappa shape index (κ2) is 10.0. The lowest BCUT2D eigenvalue weighted by Gasteiger charge is -2.13. The van der Waals surface area contributed by atoms with Gasteiger partial charge in [-0.3, -0.25) is 19.8 Å². The van der Waals surface area contributed by atoms with Crippen LogP contribution in [0, 0.1) is 6.92 Å². The van der Waals surface area contributed by atoms with Crippen LogP contribution in [0.25, 0.3) is 10.9 Å². The Bertz CT molecular complexity index is 1430. The van der Waals surface area contributed by atoms with Crippen molar-refractivity contribution in [1.82, 2.24) is 4.68 Å². The molecule has 0 radical (unpaired) electrons. The third-order valence-electron chi connectivity index (χ3n) is 4.89. The van der Waals surface area contributed by atoms with E-state index < -0.39 is 17.7 Å². The number of hydrogen-bond donors (Lipinski definition) is 3. The summed E-state index contributed by atoms with van der Waals surface area (Å²) < 4.78 is 2.74. The molecular weight excluding hydrogens is 588 g/mol. The number of amides is 3. The van der Waals surface area contributed by atoms with Gasteiger partial charge in [0, 0.05) is 25.0 Å². The maximum atomic E-state index is 13.1. The quantitative estimate of drug-likeness (QED) is 0.246. The maximum absolute atomic E-state index is 13.1. The van der Waals surface area contributed by atoms with Gasteiger partial charge in [-0.25, -0.2) is 4.68 Å². The molecule has 0 aliphatic carbocycles. The van der Waals surface area contributed by atoms with Crippen LogP contribution in [0.1, 0.15) is 16.1 Å². The molecule has 10 heteroatoms. The van der Waals surface area contributed by atoms with Crippen LogP contribution in [0.2, 0.25) is 5.02 Å². The van der Waals surface area contributed by atoms with Crippen molar-refractivity contribution in [3.63, 3.8) is 0 Å². The lowest BCUT2D eigenvalue weighted by Crippen LogP contribution is -2.36. The summed E-state index contributed by atoms with van der Waals surface area (Å²) in [7, 11) is 0. The number of aryl methyl sites for hydroxylation is 1. The van der Waals surface area contributed by atoms with Crippen molar-refractivity contribution in [3.05, 3.63) is 92.0 Å². The van der Waals surface area contributed by atoms with Crippen LogP contribution in [-0.4, -0.2) is 22.4 Å². The minimum absolute atomic E-state index is 0.140. The fraction of sp³-hybridized carbons (Fsp3) is 0.0417. The van der Waals surface area contributed by atoms with E-state index in [1.54, 1.807) is 54.6 Å². The van der Waals surface area contributed by atoms with Gasteiger partial charge < -0.3 is 10.6 Å². The molecule has 3 aromatic carbocycles. The number of benzene rings is 3. The predicted molar refractivity (Wildman–Crippen MR) is 141 cm³/mol. The Morgan fingerprint density at radius 2 is 1.59 bits per heavy atom. The molecule has 0 bridgehead atoms. The van der Waals surface area contributed by atoms with E-state index in [4.69, 9.17) is 11.6 Å². The first-order valence-electron chi connectivity index (χ1n) is 9.97. The number of rotatable bonds is 4. The first kappa shape index (κ1) is 24.0.